The fraction of sp³-hybridized carbons (Fsp3) is 0.429. The molecule has 0 spiro atoms. The van der Waals surface area contributed by atoms with Crippen molar-refractivity contribution >= 4 is 70.9 Å². The van der Waals surface area contributed by atoms with Crippen LogP contribution in [0.1, 0.15) is 52.3 Å². The topological polar surface area (TPSA) is 280 Å². The van der Waals surface area contributed by atoms with E-state index in [9.17, 15) is 39.0 Å². The fourth-order valence-corrected chi connectivity index (χ4v) is 7.71. The van der Waals surface area contributed by atoms with E-state index in [-0.39, 0.29) is 29.3 Å². The molecule has 0 saturated carbocycles. The van der Waals surface area contributed by atoms with Crippen LogP contribution < -0.4 is 26.2 Å². The monoisotopic (exact) mass is 848 g/mol. The first-order valence-electron chi connectivity index (χ1n) is 17.5. The van der Waals surface area contributed by atoms with Crippen LogP contribution in [-0.4, -0.2) is 96.3 Å². The van der Waals surface area contributed by atoms with Gasteiger partial charge in [0, 0.05) is 48.7 Å². The number of rotatable bonds is 21. The minimum Gasteiger partial charge on any atom is -0.603 e. The van der Waals surface area contributed by atoms with Crippen LogP contribution in [0.15, 0.2) is 66.2 Å². The zero-order valence-corrected chi connectivity index (χ0v) is 34.2. The number of aliphatic carboxylic acids is 1. The Kier molecular flexibility index (Phi) is 18.4. The van der Waals surface area contributed by atoms with E-state index in [0.29, 0.717) is 23.5 Å². The molecule has 3 rings (SSSR count). The van der Waals surface area contributed by atoms with Crippen molar-refractivity contribution in [3.8, 4) is 0 Å². The van der Waals surface area contributed by atoms with Gasteiger partial charge in [-0.3, -0.25) is 24.5 Å². The lowest BCUT2D eigenvalue weighted by atomic mass is 10.0. The molecule has 0 aliphatic carbocycles. The van der Waals surface area contributed by atoms with Gasteiger partial charge in [-0.25, -0.2) is 19.6 Å². The van der Waals surface area contributed by atoms with Gasteiger partial charge in [-0.2, -0.15) is 4.52 Å². The van der Waals surface area contributed by atoms with Crippen LogP contribution in [0.25, 0.3) is 0 Å². The van der Waals surface area contributed by atoms with Gasteiger partial charge in [0.25, 0.3) is 0 Å². The maximum absolute atomic E-state index is 14.2. The molecule has 0 fully saturated rings. The first-order chi connectivity index (χ1) is 26.9. The highest BCUT2D eigenvalue weighted by atomic mass is 33.1. The quantitative estimate of drug-likeness (QED) is 0.0296. The Balaban J connectivity index is 1.91. The summed E-state index contributed by atoms with van der Waals surface area (Å²) >= 11 is 0. The van der Waals surface area contributed by atoms with Gasteiger partial charge in [0.15, 0.2) is 11.3 Å². The van der Waals surface area contributed by atoms with E-state index in [1.54, 1.807) is 65.0 Å². The van der Waals surface area contributed by atoms with Gasteiger partial charge in [-0.05, 0) is 49.6 Å². The second-order valence-corrected chi connectivity index (χ2v) is 16.8. The van der Waals surface area contributed by atoms with Crippen LogP contribution >= 0.6 is 29.6 Å². The van der Waals surface area contributed by atoms with E-state index < -0.39 is 78.6 Å². The zero-order valence-electron chi connectivity index (χ0n) is 31.7. The second kappa shape index (κ2) is 22.6. The molecule has 2 heterocycles. The molecule has 0 aliphatic rings. The molecule has 22 heteroatoms. The highest BCUT2D eigenvalue weighted by Crippen LogP contribution is 2.35. The van der Waals surface area contributed by atoms with Crippen LogP contribution in [0.3, 0.4) is 0 Å². The number of nitrogens with zero attached hydrogens (tertiary/aromatic N) is 3. The number of carboxylic acids is 1. The van der Waals surface area contributed by atoms with E-state index in [2.05, 4.69) is 36.2 Å². The van der Waals surface area contributed by atoms with Crippen molar-refractivity contribution in [2.75, 3.05) is 5.75 Å². The smallest absolute Gasteiger partial charge is 0.408 e. The maximum atomic E-state index is 14.2. The molecule has 2 aromatic heterocycles. The molecule has 0 aliphatic heterocycles. The Morgan fingerprint density at radius 1 is 0.982 bits per heavy atom. The van der Waals surface area contributed by atoms with Crippen LogP contribution in [0.5, 0.6) is 0 Å². The van der Waals surface area contributed by atoms with Gasteiger partial charge in [0.2, 0.25) is 31.5 Å². The number of pyridine rings is 1. The number of imidazole rings is 1. The van der Waals surface area contributed by atoms with Crippen molar-refractivity contribution in [3.05, 3.63) is 82.6 Å². The lowest BCUT2D eigenvalue weighted by Gasteiger charge is -2.27. The first kappa shape index (κ1) is 46.3. The third kappa shape index (κ3) is 16.5. The van der Waals surface area contributed by atoms with Crippen LogP contribution in [0, 0.1) is 16.0 Å². The van der Waals surface area contributed by atoms with Crippen LogP contribution in [-0.2, 0) is 41.3 Å². The average Bonchev–Trinajstić information content (AvgIpc) is 3.66. The molecule has 3 unspecified atom stereocenters. The molecule has 0 bridgehead atoms. The Morgan fingerprint density at radius 2 is 1.63 bits per heavy atom. The summed E-state index contributed by atoms with van der Waals surface area (Å²) in [5, 5.41) is 31.1. The Labute approximate surface area is 337 Å². The van der Waals surface area contributed by atoms with Gasteiger partial charge < -0.3 is 41.0 Å². The summed E-state index contributed by atoms with van der Waals surface area (Å²) in [5.74, 6) is -3.96. The molecule has 3 aromatic rings. The maximum Gasteiger partial charge on any atom is 0.408 e. The third-order valence-corrected chi connectivity index (χ3v) is 10.9. The predicted molar refractivity (Wildman–Crippen MR) is 212 cm³/mol. The summed E-state index contributed by atoms with van der Waals surface area (Å²) in [4.78, 5) is 100. The van der Waals surface area contributed by atoms with Crippen molar-refractivity contribution in [2.24, 2.45) is 5.92 Å². The Morgan fingerprint density at radius 3 is 2.23 bits per heavy atom. The molecular formula is C35H45N8O11PS2. The molecule has 1 aromatic carbocycles. The highest BCUT2D eigenvalue weighted by Gasteiger charge is 2.33. The molecule has 0 radical (unpaired) electrons. The normalized spacial score (nSPS) is 14.2. The molecule has 0 saturated heterocycles. The van der Waals surface area contributed by atoms with Gasteiger partial charge in [0.05, 0.1) is 11.3 Å². The number of alkyl carbamates (subject to hydrolysis) is 1. The summed E-state index contributed by atoms with van der Waals surface area (Å²) < 4.78 is 10.8. The predicted octanol–water partition coefficient (Wildman–Crippen LogP) is 2.87. The average molecular weight is 849 g/mol. The molecule has 308 valence electrons. The molecule has 4 amide bonds. The molecule has 19 nitrogen and oxygen atoms in total. The number of benzene rings is 1. The van der Waals surface area contributed by atoms with Crippen LogP contribution in [0.2, 0.25) is 0 Å². The van der Waals surface area contributed by atoms with Crippen molar-refractivity contribution < 1.29 is 48.2 Å². The fourth-order valence-electron chi connectivity index (χ4n) is 4.77. The minimum absolute atomic E-state index is 0.0535. The SMILES string of the molecule is CCC(C)C(NC(=O)[C@@H](Cc1cnc[nH]1)NC(=O)[C@H](Cc1ccccc1)NC(=O)[C@H](CSSc1ncccc1[N+](=O)[O-])NC(=O)OC(C)(C)C)O/[P+]([O-])=C/C(=O)O. The van der Waals surface area contributed by atoms with E-state index in [0.717, 1.165) is 21.6 Å². The number of carboxylic acid groups (broad SMARTS) is 1. The summed E-state index contributed by atoms with van der Waals surface area (Å²) in [5.41, 5.74) is -0.0844. The number of H-pyrrole nitrogens is 1. The zero-order chi connectivity index (χ0) is 42.1. The molecule has 57 heavy (non-hydrogen) atoms. The molecular weight excluding hydrogens is 804 g/mol. The van der Waals surface area contributed by atoms with Crippen LogP contribution in [0.4, 0.5) is 10.5 Å². The third-order valence-electron chi connectivity index (χ3n) is 7.73. The number of hydrogen-bond donors (Lipinski definition) is 6. The summed E-state index contributed by atoms with van der Waals surface area (Å²) in [6.07, 6.45) is 2.34. The number of nitro groups is 1. The lowest BCUT2D eigenvalue weighted by Crippen LogP contribution is -2.59. The highest BCUT2D eigenvalue weighted by molar-refractivity contribution is 8.76. The van der Waals surface area contributed by atoms with Gasteiger partial charge in [-0.15, -0.1) is 0 Å². The van der Waals surface area contributed by atoms with Gasteiger partial charge >= 0.3 is 17.7 Å². The lowest BCUT2D eigenvalue weighted by molar-refractivity contribution is -0.388. The summed E-state index contributed by atoms with van der Waals surface area (Å²) in [6.45, 7) is 8.38. The minimum atomic E-state index is -2.81. The van der Waals surface area contributed by atoms with Crippen molar-refractivity contribution in [1.29, 1.82) is 0 Å². The first-order valence-corrected chi connectivity index (χ1v) is 21.0. The van der Waals surface area contributed by atoms with E-state index >= 15 is 0 Å². The second-order valence-electron chi connectivity index (χ2n) is 13.4. The number of carbonyl (C=O) groups excluding carboxylic acids is 4. The van der Waals surface area contributed by atoms with Gasteiger partial charge in [0.1, 0.15) is 23.7 Å². The number of amides is 4. The van der Waals surface area contributed by atoms with E-state index in [4.69, 9.17) is 14.4 Å². The standard InChI is InChI=1S/C35H45N8O11PS2/c1-6-21(2)32(54-55(52)18-28(44)45)42-30(47)25(16-23-17-36-20-38-23)40-29(46)24(15-22-11-8-7-9-12-22)39-31(48)26(41-34(49)53-35(3,4)5)19-56-57-33-27(43(50)51)13-10-14-37-33/h7-14,17-18,20-21,24-26,32H,6,15-16,19H2,1-5H3,(H,36,38)(H,39,48)(H,40,46)(H,41,49)(H,42,47)(H,44,45)/t21?,24-,25+,26-,32?/m0/s1. The summed E-state index contributed by atoms with van der Waals surface area (Å²) in [6, 6.07) is 7.42. The van der Waals surface area contributed by atoms with E-state index in [1.165, 1.54) is 30.9 Å². The Hall–Kier alpha value is -5.08. The number of carbonyl (C=O) groups is 5. The number of aromatic amines is 1. The molecule has 6 atom stereocenters. The van der Waals surface area contributed by atoms with Gasteiger partial charge in [-0.1, -0.05) is 55.0 Å². The summed E-state index contributed by atoms with van der Waals surface area (Å²) in [7, 11) is -0.900. The number of aromatic nitrogens is 3. The molecule has 6 N–H and O–H groups in total. The number of ether oxygens (including phenoxy) is 1. The van der Waals surface area contributed by atoms with Crippen molar-refractivity contribution in [2.45, 2.75) is 88.9 Å². The van der Waals surface area contributed by atoms with Crippen molar-refractivity contribution in [3.63, 3.8) is 0 Å². The van der Waals surface area contributed by atoms with E-state index in [1.807, 2.05) is 0 Å². The van der Waals surface area contributed by atoms with Crippen molar-refractivity contribution in [1.82, 2.24) is 36.2 Å². The Bertz CT molecular complexity index is 1870. The number of nitrogens with one attached hydrogen (secondary N) is 5. The largest absolute Gasteiger partial charge is 0.603 e. The number of hydrogen-bond acceptors (Lipinski definition) is 14.